The van der Waals surface area contributed by atoms with E-state index >= 15 is 0 Å². The molecule has 0 spiro atoms. The highest BCUT2D eigenvalue weighted by Crippen LogP contribution is 2.25. The Kier molecular flexibility index (Phi) is 6.55. The van der Waals surface area contributed by atoms with Crippen LogP contribution in [0.25, 0.3) is 11.4 Å². The van der Waals surface area contributed by atoms with Crippen LogP contribution in [0.4, 0.5) is 4.39 Å². The summed E-state index contributed by atoms with van der Waals surface area (Å²) in [5.41, 5.74) is 2.95. The average Bonchev–Trinajstić information content (AvgIpc) is 3.24. The largest absolute Gasteiger partial charge is 0.393 e. The number of pyridine rings is 1. The van der Waals surface area contributed by atoms with Crippen molar-refractivity contribution in [3.05, 3.63) is 58.7 Å². The molecule has 1 saturated carbocycles. The highest BCUT2D eigenvalue weighted by molar-refractivity contribution is 5.93. The first-order chi connectivity index (χ1) is 15.4. The Hall–Kier alpha value is -3.20. The van der Waals surface area contributed by atoms with Gasteiger partial charge < -0.3 is 10.4 Å². The molecule has 1 aliphatic rings. The number of hydrogen-bond donors (Lipinski definition) is 2. The van der Waals surface area contributed by atoms with E-state index < -0.39 is 0 Å². The molecule has 4 rings (SSSR count). The summed E-state index contributed by atoms with van der Waals surface area (Å²) < 4.78 is 13.4. The third kappa shape index (κ3) is 5.34. The van der Waals surface area contributed by atoms with Crippen LogP contribution in [0.1, 0.15) is 53.0 Å². The smallest absolute Gasteiger partial charge is 0.270 e. The normalized spacial score (nSPS) is 18.5. The number of tetrazole rings is 1. The maximum absolute atomic E-state index is 13.4. The van der Waals surface area contributed by atoms with E-state index in [1.807, 2.05) is 6.07 Å². The summed E-state index contributed by atoms with van der Waals surface area (Å²) in [5.74, 6) is 0.266. The Labute approximate surface area is 185 Å². The zero-order chi connectivity index (χ0) is 22.7. The maximum Gasteiger partial charge on any atom is 0.270 e. The molecule has 2 heterocycles. The second-order valence-corrected chi connectivity index (χ2v) is 8.49. The number of halogens is 1. The van der Waals surface area contributed by atoms with Crippen LogP contribution in [-0.4, -0.2) is 42.3 Å². The van der Waals surface area contributed by atoms with Gasteiger partial charge in [0, 0.05) is 17.8 Å². The molecule has 8 nitrogen and oxygen atoms in total. The van der Waals surface area contributed by atoms with Gasteiger partial charge in [0.15, 0.2) is 0 Å². The van der Waals surface area contributed by atoms with E-state index in [4.69, 9.17) is 0 Å². The fraction of sp³-hybridized carbons (Fsp3) is 0.435. The number of aliphatic hydroxyl groups is 1. The number of aliphatic hydroxyl groups excluding tert-OH is 1. The third-order valence-corrected chi connectivity index (χ3v) is 5.81. The minimum atomic E-state index is -0.329. The van der Waals surface area contributed by atoms with Crippen LogP contribution < -0.4 is 5.32 Å². The first-order valence-corrected chi connectivity index (χ1v) is 10.9. The molecule has 1 aromatic carbocycles. The highest BCUT2D eigenvalue weighted by atomic mass is 19.1. The van der Waals surface area contributed by atoms with E-state index in [1.54, 1.807) is 36.8 Å². The number of aryl methyl sites for hydroxylation is 2. The van der Waals surface area contributed by atoms with Crippen molar-refractivity contribution in [1.29, 1.82) is 0 Å². The van der Waals surface area contributed by atoms with Crippen LogP contribution >= 0.6 is 0 Å². The number of nitrogens with zero attached hydrogens (tertiary/aromatic N) is 5. The molecular weight excluding hydrogens is 411 g/mol. The van der Waals surface area contributed by atoms with Gasteiger partial charge in [-0.2, -0.15) is 4.80 Å². The van der Waals surface area contributed by atoms with Crippen LogP contribution in [0.3, 0.4) is 0 Å². The number of aromatic nitrogens is 5. The predicted octanol–water partition coefficient (Wildman–Crippen LogP) is 2.97. The summed E-state index contributed by atoms with van der Waals surface area (Å²) in [6.07, 6.45) is 3.33. The number of hydrogen-bond acceptors (Lipinski definition) is 6. The van der Waals surface area contributed by atoms with Gasteiger partial charge in [-0.1, -0.05) is 12.1 Å². The molecule has 0 unspecified atom stereocenters. The number of nitrogens with one attached hydrogen (secondary N) is 1. The van der Waals surface area contributed by atoms with Crippen molar-refractivity contribution >= 4 is 5.91 Å². The molecule has 9 heteroatoms. The van der Waals surface area contributed by atoms with Gasteiger partial charge >= 0.3 is 0 Å². The molecule has 0 bridgehead atoms. The quantitative estimate of drug-likeness (QED) is 0.613. The molecular formula is C23H27FN6O2. The number of rotatable bonds is 6. The van der Waals surface area contributed by atoms with E-state index in [1.165, 1.54) is 6.07 Å². The maximum atomic E-state index is 13.4. The zero-order valence-electron chi connectivity index (χ0n) is 18.3. The molecule has 1 fully saturated rings. The first kappa shape index (κ1) is 22.0. The topological polar surface area (TPSA) is 106 Å². The van der Waals surface area contributed by atoms with Crippen molar-refractivity contribution in [2.45, 2.75) is 58.7 Å². The van der Waals surface area contributed by atoms with Crippen LogP contribution in [0.5, 0.6) is 0 Å². The van der Waals surface area contributed by atoms with Gasteiger partial charge in [0.1, 0.15) is 11.5 Å². The predicted molar refractivity (Wildman–Crippen MR) is 116 cm³/mol. The molecule has 2 aromatic heterocycles. The van der Waals surface area contributed by atoms with Crippen molar-refractivity contribution < 1.29 is 14.3 Å². The van der Waals surface area contributed by atoms with Gasteiger partial charge in [-0.25, -0.2) is 9.37 Å². The molecule has 2 N–H and O–H groups in total. The fourth-order valence-corrected chi connectivity index (χ4v) is 4.00. The van der Waals surface area contributed by atoms with Crippen LogP contribution in [0.15, 0.2) is 30.3 Å². The van der Waals surface area contributed by atoms with Crippen molar-refractivity contribution in [2.24, 2.45) is 5.92 Å². The summed E-state index contributed by atoms with van der Waals surface area (Å²) in [7, 11) is 0. The van der Waals surface area contributed by atoms with E-state index in [2.05, 4.69) is 25.7 Å². The summed E-state index contributed by atoms with van der Waals surface area (Å²) >= 11 is 0. The molecule has 1 aliphatic carbocycles. The summed E-state index contributed by atoms with van der Waals surface area (Å²) in [5, 5.41) is 25.3. The van der Waals surface area contributed by atoms with Gasteiger partial charge in [0.2, 0.25) is 5.82 Å². The number of amides is 1. The van der Waals surface area contributed by atoms with Gasteiger partial charge in [-0.3, -0.25) is 4.79 Å². The third-order valence-electron chi connectivity index (χ3n) is 5.81. The second kappa shape index (κ2) is 9.52. The number of benzene rings is 1. The Morgan fingerprint density at radius 2 is 1.97 bits per heavy atom. The monoisotopic (exact) mass is 438 g/mol. The van der Waals surface area contributed by atoms with Crippen molar-refractivity contribution in [2.75, 3.05) is 0 Å². The molecule has 0 atom stereocenters. The Morgan fingerprint density at radius 1 is 1.19 bits per heavy atom. The van der Waals surface area contributed by atoms with Crippen LogP contribution in [-0.2, 0) is 13.1 Å². The Balaban J connectivity index is 1.43. The second-order valence-electron chi connectivity index (χ2n) is 8.49. The average molecular weight is 439 g/mol. The Morgan fingerprint density at radius 3 is 2.72 bits per heavy atom. The molecule has 0 saturated heterocycles. The van der Waals surface area contributed by atoms with Gasteiger partial charge in [-0.15, -0.1) is 10.2 Å². The lowest BCUT2D eigenvalue weighted by molar-refractivity contribution is 0.0945. The summed E-state index contributed by atoms with van der Waals surface area (Å²) in [6.45, 7) is 4.43. The first-order valence-electron chi connectivity index (χ1n) is 10.9. The minimum Gasteiger partial charge on any atom is -0.393 e. The van der Waals surface area contributed by atoms with Crippen molar-refractivity contribution in [3.8, 4) is 11.4 Å². The van der Waals surface area contributed by atoms with Crippen molar-refractivity contribution in [1.82, 2.24) is 30.5 Å². The lowest BCUT2D eigenvalue weighted by Gasteiger charge is -2.24. The molecule has 32 heavy (non-hydrogen) atoms. The van der Waals surface area contributed by atoms with E-state index in [0.717, 1.165) is 31.2 Å². The van der Waals surface area contributed by atoms with Crippen LogP contribution in [0.2, 0.25) is 0 Å². The minimum absolute atomic E-state index is 0.193. The van der Waals surface area contributed by atoms with E-state index in [-0.39, 0.29) is 30.1 Å². The highest BCUT2D eigenvalue weighted by Gasteiger charge is 2.21. The number of carbonyl (C=O) groups excluding carboxylic acids is 1. The van der Waals surface area contributed by atoms with Crippen LogP contribution in [0, 0.1) is 25.6 Å². The molecule has 1 amide bonds. The standard InChI is InChI=1S/C23H27FN6O2/c1-14-9-17(5-8-20(14)24)12-25-23(32)21-11-18(10-15(2)26-21)22-27-29-30(28-22)13-16-3-6-19(31)7-4-16/h5,8-11,16,19,31H,3-4,6-7,12-13H2,1-2H3,(H,25,32). The summed E-state index contributed by atoms with van der Waals surface area (Å²) in [6, 6.07) is 8.21. The van der Waals surface area contributed by atoms with E-state index in [0.29, 0.717) is 35.1 Å². The molecule has 168 valence electrons. The SMILES string of the molecule is Cc1cc(-c2nnn(CC3CCC(O)CC3)n2)cc(C(=O)NCc2ccc(F)c(C)c2)n1. The fourth-order valence-electron chi connectivity index (χ4n) is 4.00. The molecule has 0 radical (unpaired) electrons. The lowest BCUT2D eigenvalue weighted by atomic mass is 9.88. The Bertz CT molecular complexity index is 1110. The lowest BCUT2D eigenvalue weighted by Crippen LogP contribution is -2.24. The van der Waals surface area contributed by atoms with Crippen molar-refractivity contribution in [3.63, 3.8) is 0 Å². The molecule has 0 aliphatic heterocycles. The molecule has 3 aromatic rings. The number of carbonyl (C=O) groups is 1. The van der Waals surface area contributed by atoms with Gasteiger partial charge in [0.25, 0.3) is 5.91 Å². The van der Waals surface area contributed by atoms with Gasteiger partial charge in [0.05, 0.1) is 12.6 Å². The summed E-state index contributed by atoms with van der Waals surface area (Å²) in [4.78, 5) is 18.6. The zero-order valence-corrected chi connectivity index (χ0v) is 18.3. The van der Waals surface area contributed by atoms with E-state index in [9.17, 15) is 14.3 Å². The van der Waals surface area contributed by atoms with Gasteiger partial charge in [-0.05, 0) is 80.0 Å².